The first-order valence-electron chi connectivity index (χ1n) is 7.66. The van der Waals surface area contributed by atoms with Crippen LogP contribution in [0.25, 0.3) is 0 Å². The quantitative estimate of drug-likeness (QED) is 0.916. The van der Waals surface area contributed by atoms with Crippen LogP contribution >= 0.6 is 0 Å². The molecule has 2 aromatic carbocycles. The van der Waals surface area contributed by atoms with Gasteiger partial charge in [-0.3, -0.25) is 4.79 Å². The van der Waals surface area contributed by atoms with Crippen LogP contribution in [0.5, 0.6) is 0 Å². The van der Waals surface area contributed by atoms with Crippen molar-refractivity contribution < 1.29 is 9.18 Å². The second-order valence-electron chi connectivity index (χ2n) is 6.04. The Morgan fingerprint density at radius 2 is 1.87 bits per heavy atom. The number of rotatable bonds is 5. The summed E-state index contributed by atoms with van der Waals surface area (Å²) in [6, 6.07) is 12.1. The van der Waals surface area contributed by atoms with Crippen molar-refractivity contribution in [2.45, 2.75) is 19.9 Å². The third kappa shape index (κ3) is 4.39. The average molecular weight is 314 g/mol. The molecule has 0 unspecified atom stereocenters. The molecule has 0 saturated carbocycles. The van der Waals surface area contributed by atoms with Gasteiger partial charge >= 0.3 is 0 Å². The van der Waals surface area contributed by atoms with Crippen LogP contribution in [0.3, 0.4) is 0 Å². The first-order chi connectivity index (χ1) is 10.9. The maximum atomic E-state index is 13.4. The number of halogens is 1. The highest BCUT2D eigenvalue weighted by molar-refractivity contribution is 5.94. The Labute approximate surface area is 137 Å². The number of nitrogens with zero attached hydrogens (tertiary/aromatic N) is 1. The summed E-state index contributed by atoms with van der Waals surface area (Å²) in [5.41, 5.74) is 3.74. The Bertz CT molecular complexity index is 698. The van der Waals surface area contributed by atoms with Gasteiger partial charge in [0, 0.05) is 12.1 Å². The standard InChI is InChI=1S/C19H23FN2O/c1-13-8-9-16(10-14(13)2)19(23)21-12-18(22(3)4)15-6-5-7-17(20)11-15/h5-11,18H,12H2,1-4H3,(H,21,23)/t18-/m0/s1. The van der Waals surface area contributed by atoms with Crippen LogP contribution in [-0.4, -0.2) is 31.4 Å². The predicted octanol–water partition coefficient (Wildman–Crippen LogP) is 3.48. The Kier molecular flexibility index (Phi) is 5.50. The van der Waals surface area contributed by atoms with E-state index in [1.54, 1.807) is 6.07 Å². The van der Waals surface area contributed by atoms with E-state index < -0.39 is 0 Å². The van der Waals surface area contributed by atoms with Gasteiger partial charge in [-0.2, -0.15) is 0 Å². The molecule has 0 radical (unpaired) electrons. The molecule has 1 N–H and O–H groups in total. The lowest BCUT2D eigenvalue weighted by molar-refractivity contribution is 0.0942. The largest absolute Gasteiger partial charge is 0.350 e. The van der Waals surface area contributed by atoms with Gasteiger partial charge in [-0.05, 0) is 68.9 Å². The highest BCUT2D eigenvalue weighted by Gasteiger charge is 2.16. The third-order valence-corrected chi connectivity index (χ3v) is 4.08. The van der Waals surface area contributed by atoms with Crippen LogP contribution in [0.2, 0.25) is 0 Å². The minimum atomic E-state index is -0.269. The molecule has 0 spiro atoms. The summed E-state index contributed by atoms with van der Waals surface area (Å²) in [5.74, 6) is -0.383. The highest BCUT2D eigenvalue weighted by atomic mass is 19.1. The van der Waals surface area contributed by atoms with Crippen molar-refractivity contribution in [2.75, 3.05) is 20.6 Å². The molecule has 0 aromatic heterocycles. The Morgan fingerprint density at radius 1 is 1.13 bits per heavy atom. The Balaban J connectivity index is 2.09. The first-order valence-corrected chi connectivity index (χ1v) is 7.66. The summed E-state index contributed by atoms with van der Waals surface area (Å²) in [6.45, 7) is 4.42. The van der Waals surface area contributed by atoms with Crippen molar-refractivity contribution in [3.63, 3.8) is 0 Å². The second-order valence-corrected chi connectivity index (χ2v) is 6.04. The number of carbonyl (C=O) groups excluding carboxylic acids is 1. The first kappa shape index (κ1) is 17.2. The lowest BCUT2D eigenvalue weighted by Crippen LogP contribution is -2.34. The van der Waals surface area contributed by atoms with E-state index in [0.717, 1.165) is 16.7 Å². The summed E-state index contributed by atoms with van der Waals surface area (Å²) in [6.07, 6.45) is 0. The van der Waals surface area contributed by atoms with E-state index in [9.17, 15) is 9.18 Å². The molecule has 1 amide bonds. The number of benzene rings is 2. The molecule has 2 rings (SSSR count). The van der Waals surface area contributed by atoms with Crippen LogP contribution in [0, 0.1) is 19.7 Å². The zero-order chi connectivity index (χ0) is 17.0. The fourth-order valence-corrected chi connectivity index (χ4v) is 2.49. The molecule has 4 heteroatoms. The molecule has 3 nitrogen and oxygen atoms in total. The van der Waals surface area contributed by atoms with Crippen LogP contribution in [-0.2, 0) is 0 Å². The molecule has 23 heavy (non-hydrogen) atoms. The monoisotopic (exact) mass is 314 g/mol. The lowest BCUT2D eigenvalue weighted by Gasteiger charge is -2.25. The summed E-state index contributed by atoms with van der Waals surface area (Å²) in [7, 11) is 3.83. The Morgan fingerprint density at radius 3 is 2.48 bits per heavy atom. The third-order valence-electron chi connectivity index (χ3n) is 4.08. The predicted molar refractivity (Wildman–Crippen MR) is 91.1 cm³/mol. The molecule has 0 fully saturated rings. The van der Waals surface area contributed by atoms with E-state index in [1.807, 2.05) is 57.1 Å². The summed E-state index contributed by atoms with van der Waals surface area (Å²) < 4.78 is 13.4. The molecular weight excluding hydrogens is 291 g/mol. The number of hydrogen-bond acceptors (Lipinski definition) is 2. The van der Waals surface area contributed by atoms with Gasteiger partial charge in [-0.15, -0.1) is 0 Å². The molecule has 2 aromatic rings. The van der Waals surface area contributed by atoms with Crippen molar-refractivity contribution in [1.29, 1.82) is 0 Å². The SMILES string of the molecule is Cc1ccc(C(=O)NC[C@@H](c2cccc(F)c2)N(C)C)cc1C. The van der Waals surface area contributed by atoms with E-state index in [2.05, 4.69) is 5.32 Å². The van der Waals surface area contributed by atoms with Crippen molar-refractivity contribution >= 4 is 5.91 Å². The van der Waals surface area contributed by atoms with Gasteiger partial charge in [0.1, 0.15) is 5.82 Å². The highest BCUT2D eigenvalue weighted by Crippen LogP contribution is 2.18. The molecule has 1 atom stereocenters. The number of hydrogen-bond donors (Lipinski definition) is 1. The van der Waals surface area contributed by atoms with Crippen LogP contribution in [0.4, 0.5) is 4.39 Å². The van der Waals surface area contributed by atoms with Crippen LogP contribution in [0.15, 0.2) is 42.5 Å². The molecular formula is C19H23FN2O. The number of aryl methyl sites for hydroxylation is 2. The average Bonchev–Trinajstić information content (AvgIpc) is 2.49. The molecule has 122 valence electrons. The van der Waals surface area contributed by atoms with Gasteiger partial charge in [0.25, 0.3) is 5.91 Å². The van der Waals surface area contributed by atoms with E-state index >= 15 is 0 Å². The van der Waals surface area contributed by atoms with E-state index in [0.29, 0.717) is 12.1 Å². The van der Waals surface area contributed by atoms with Crippen molar-refractivity contribution in [3.05, 3.63) is 70.5 Å². The second kappa shape index (κ2) is 7.38. The van der Waals surface area contributed by atoms with E-state index in [4.69, 9.17) is 0 Å². The minimum absolute atomic E-state index is 0.0822. The van der Waals surface area contributed by atoms with Crippen molar-refractivity contribution in [2.24, 2.45) is 0 Å². The summed E-state index contributed by atoms with van der Waals surface area (Å²) >= 11 is 0. The van der Waals surface area contributed by atoms with Crippen LogP contribution in [0.1, 0.15) is 33.1 Å². The topological polar surface area (TPSA) is 32.3 Å². The maximum absolute atomic E-state index is 13.4. The smallest absolute Gasteiger partial charge is 0.251 e. The van der Waals surface area contributed by atoms with Gasteiger partial charge in [0.05, 0.1) is 6.04 Å². The van der Waals surface area contributed by atoms with Gasteiger partial charge in [-0.1, -0.05) is 18.2 Å². The molecule has 0 heterocycles. The zero-order valence-electron chi connectivity index (χ0n) is 14.1. The van der Waals surface area contributed by atoms with Gasteiger partial charge in [0.15, 0.2) is 0 Å². The van der Waals surface area contributed by atoms with Gasteiger partial charge < -0.3 is 10.2 Å². The number of nitrogens with one attached hydrogen (secondary N) is 1. The zero-order valence-corrected chi connectivity index (χ0v) is 14.1. The minimum Gasteiger partial charge on any atom is -0.350 e. The lowest BCUT2D eigenvalue weighted by atomic mass is 10.0. The number of carbonyl (C=O) groups is 1. The van der Waals surface area contributed by atoms with E-state index in [1.165, 1.54) is 12.1 Å². The molecule has 0 aliphatic rings. The van der Waals surface area contributed by atoms with Gasteiger partial charge in [0.2, 0.25) is 0 Å². The summed E-state index contributed by atoms with van der Waals surface area (Å²) in [4.78, 5) is 14.3. The fraction of sp³-hybridized carbons (Fsp3) is 0.316. The maximum Gasteiger partial charge on any atom is 0.251 e. The number of amides is 1. The number of likely N-dealkylation sites (N-methyl/N-ethyl adjacent to an activating group) is 1. The van der Waals surface area contributed by atoms with Crippen molar-refractivity contribution in [3.8, 4) is 0 Å². The summed E-state index contributed by atoms with van der Waals surface area (Å²) in [5, 5.41) is 2.94. The molecule has 0 aliphatic heterocycles. The van der Waals surface area contributed by atoms with E-state index in [-0.39, 0.29) is 17.8 Å². The van der Waals surface area contributed by atoms with Crippen LogP contribution < -0.4 is 5.32 Å². The van der Waals surface area contributed by atoms with Gasteiger partial charge in [-0.25, -0.2) is 4.39 Å². The molecule has 0 saturated heterocycles. The van der Waals surface area contributed by atoms with Crippen molar-refractivity contribution in [1.82, 2.24) is 10.2 Å². The fourth-order valence-electron chi connectivity index (χ4n) is 2.49. The molecule has 0 bridgehead atoms. The molecule has 0 aliphatic carbocycles. The normalized spacial score (nSPS) is 12.3. The Hall–Kier alpha value is -2.20.